The van der Waals surface area contributed by atoms with Crippen LogP contribution in [0.1, 0.15) is 19.8 Å². The maximum Gasteiger partial charge on any atom is 0.235 e. The van der Waals surface area contributed by atoms with E-state index in [0.29, 0.717) is 0 Å². The Morgan fingerprint density at radius 1 is 1.46 bits per heavy atom. The fraction of sp³-hybridized carbons (Fsp3) is 0.857. The maximum absolute atomic E-state index is 11.0. The van der Waals surface area contributed by atoms with Gasteiger partial charge in [0.2, 0.25) is 15.9 Å². The Hall–Kier alpha value is -0.620. The summed E-state index contributed by atoms with van der Waals surface area (Å²) in [5.74, 6) is -0.247. The summed E-state index contributed by atoms with van der Waals surface area (Å²) >= 11 is 0. The molecule has 0 aromatic rings. The lowest BCUT2D eigenvalue weighted by molar-refractivity contribution is -0.120. The van der Waals surface area contributed by atoms with E-state index < -0.39 is 10.0 Å². The van der Waals surface area contributed by atoms with Gasteiger partial charge in [-0.15, -0.1) is 0 Å². The highest BCUT2D eigenvalue weighted by molar-refractivity contribution is 7.89. The second-order valence-corrected chi connectivity index (χ2v) is 5.16. The third-order valence-corrected chi connectivity index (χ3v) is 3.12. The van der Waals surface area contributed by atoms with Crippen molar-refractivity contribution in [3.8, 4) is 0 Å². The van der Waals surface area contributed by atoms with E-state index >= 15 is 0 Å². The monoisotopic (exact) mass is 206 g/mol. The van der Waals surface area contributed by atoms with E-state index in [2.05, 4.69) is 10.0 Å². The SMILES string of the molecule is CCS(=O)(=O)NCC(=O)NC1CC1. The van der Waals surface area contributed by atoms with Crippen molar-refractivity contribution in [1.82, 2.24) is 10.0 Å². The van der Waals surface area contributed by atoms with E-state index in [0.717, 1.165) is 12.8 Å². The standard InChI is InChI=1S/C7H14N2O3S/c1-2-13(11,12)8-5-7(10)9-6-3-4-6/h6,8H,2-5H2,1H3,(H,9,10). The Labute approximate surface area is 77.9 Å². The zero-order valence-corrected chi connectivity index (χ0v) is 8.36. The lowest BCUT2D eigenvalue weighted by atomic mass is 10.5. The van der Waals surface area contributed by atoms with Gasteiger partial charge in [0, 0.05) is 6.04 Å². The summed E-state index contributed by atoms with van der Waals surface area (Å²) < 4.78 is 24.0. The smallest absolute Gasteiger partial charge is 0.235 e. The molecule has 0 aromatic heterocycles. The number of nitrogens with one attached hydrogen (secondary N) is 2. The first-order chi connectivity index (χ1) is 6.03. The molecule has 6 heteroatoms. The molecule has 0 spiro atoms. The molecule has 0 aliphatic heterocycles. The first-order valence-electron chi connectivity index (χ1n) is 4.30. The van der Waals surface area contributed by atoms with E-state index in [1.807, 2.05) is 0 Å². The lowest BCUT2D eigenvalue weighted by Gasteiger charge is -2.04. The normalized spacial score (nSPS) is 17.0. The predicted octanol–water partition coefficient (Wildman–Crippen LogP) is -0.796. The van der Waals surface area contributed by atoms with Crippen LogP contribution in [0.2, 0.25) is 0 Å². The van der Waals surface area contributed by atoms with Crippen LogP contribution >= 0.6 is 0 Å². The van der Waals surface area contributed by atoms with E-state index in [-0.39, 0.29) is 24.2 Å². The van der Waals surface area contributed by atoms with Gasteiger partial charge in [-0.25, -0.2) is 13.1 Å². The fourth-order valence-corrected chi connectivity index (χ4v) is 1.34. The molecule has 1 rings (SSSR count). The zero-order valence-electron chi connectivity index (χ0n) is 7.54. The Morgan fingerprint density at radius 3 is 2.54 bits per heavy atom. The van der Waals surface area contributed by atoms with Gasteiger partial charge in [-0.1, -0.05) is 0 Å². The third-order valence-electron chi connectivity index (χ3n) is 1.78. The molecule has 1 amide bonds. The van der Waals surface area contributed by atoms with E-state index in [4.69, 9.17) is 0 Å². The molecule has 0 radical (unpaired) electrons. The number of sulfonamides is 1. The number of amides is 1. The molecule has 2 N–H and O–H groups in total. The summed E-state index contributed by atoms with van der Waals surface area (Å²) in [5, 5.41) is 2.68. The van der Waals surface area contributed by atoms with E-state index in [9.17, 15) is 13.2 Å². The minimum Gasteiger partial charge on any atom is -0.352 e. The first-order valence-corrected chi connectivity index (χ1v) is 5.95. The molecular formula is C7H14N2O3S. The van der Waals surface area contributed by atoms with Gasteiger partial charge < -0.3 is 5.32 Å². The predicted molar refractivity (Wildman–Crippen MR) is 48.6 cm³/mol. The van der Waals surface area contributed by atoms with Gasteiger partial charge in [-0.2, -0.15) is 0 Å². The molecule has 1 aliphatic carbocycles. The van der Waals surface area contributed by atoms with Gasteiger partial charge >= 0.3 is 0 Å². The summed E-state index contributed by atoms with van der Waals surface area (Å²) in [6, 6.07) is 0.277. The van der Waals surface area contributed by atoms with Crippen molar-refractivity contribution in [2.45, 2.75) is 25.8 Å². The maximum atomic E-state index is 11.0. The molecule has 1 saturated carbocycles. The van der Waals surface area contributed by atoms with Gasteiger partial charge in [0.1, 0.15) is 0 Å². The molecule has 13 heavy (non-hydrogen) atoms. The summed E-state index contributed by atoms with van der Waals surface area (Å²) in [5.41, 5.74) is 0. The highest BCUT2D eigenvalue weighted by Crippen LogP contribution is 2.18. The van der Waals surface area contributed by atoms with Crippen molar-refractivity contribution < 1.29 is 13.2 Å². The highest BCUT2D eigenvalue weighted by atomic mass is 32.2. The molecule has 5 nitrogen and oxygen atoms in total. The van der Waals surface area contributed by atoms with E-state index in [1.165, 1.54) is 6.92 Å². The van der Waals surface area contributed by atoms with Crippen molar-refractivity contribution in [3.63, 3.8) is 0 Å². The average molecular weight is 206 g/mol. The van der Waals surface area contributed by atoms with Crippen LogP contribution in [0.15, 0.2) is 0 Å². The summed E-state index contributed by atoms with van der Waals surface area (Å²) in [7, 11) is -3.24. The van der Waals surface area contributed by atoms with Crippen LogP contribution in [-0.2, 0) is 14.8 Å². The Balaban J connectivity index is 2.20. The van der Waals surface area contributed by atoms with Crippen molar-refractivity contribution in [2.24, 2.45) is 0 Å². The second kappa shape index (κ2) is 4.06. The van der Waals surface area contributed by atoms with Gasteiger partial charge in [0.15, 0.2) is 0 Å². The Bertz CT molecular complexity index is 282. The van der Waals surface area contributed by atoms with Crippen LogP contribution in [0.3, 0.4) is 0 Å². The zero-order chi connectivity index (χ0) is 9.90. The third kappa shape index (κ3) is 4.23. The molecule has 0 unspecified atom stereocenters. The van der Waals surface area contributed by atoms with Gasteiger partial charge in [-0.05, 0) is 19.8 Å². The Kier molecular flexibility index (Phi) is 3.27. The molecule has 76 valence electrons. The molecule has 0 atom stereocenters. The minimum atomic E-state index is -3.24. The second-order valence-electron chi connectivity index (χ2n) is 3.07. The molecule has 0 aromatic carbocycles. The van der Waals surface area contributed by atoms with E-state index in [1.54, 1.807) is 0 Å². The van der Waals surface area contributed by atoms with Crippen LogP contribution in [0.25, 0.3) is 0 Å². The Morgan fingerprint density at radius 2 is 2.08 bits per heavy atom. The topological polar surface area (TPSA) is 75.3 Å². The average Bonchev–Trinajstić information content (AvgIpc) is 2.85. The molecule has 0 saturated heterocycles. The fourth-order valence-electron chi connectivity index (χ4n) is 0.784. The number of hydrogen-bond acceptors (Lipinski definition) is 3. The van der Waals surface area contributed by atoms with Crippen LogP contribution in [-0.4, -0.2) is 32.7 Å². The quantitative estimate of drug-likeness (QED) is 0.618. The number of carbonyl (C=O) groups excluding carboxylic acids is 1. The molecule has 1 aliphatic rings. The first kappa shape index (κ1) is 10.5. The molecular weight excluding hydrogens is 192 g/mol. The van der Waals surface area contributed by atoms with Crippen LogP contribution in [0.4, 0.5) is 0 Å². The van der Waals surface area contributed by atoms with Crippen LogP contribution in [0.5, 0.6) is 0 Å². The number of rotatable bonds is 5. The number of carbonyl (C=O) groups is 1. The van der Waals surface area contributed by atoms with Gasteiger partial charge in [-0.3, -0.25) is 4.79 Å². The van der Waals surface area contributed by atoms with Crippen molar-refractivity contribution >= 4 is 15.9 Å². The van der Waals surface area contributed by atoms with Crippen LogP contribution in [0, 0.1) is 0 Å². The summed E-state index contributed by atoms with van der Waals surface area (Å²) in [4.78, 5) is 11.0. The summed E-state index contributed by atoms with van der Waals surface area (Å²) in [6.45, 7) is 1.38. The lowest BCUT2D eigenvalue weighted by Crippen LogP contribution is -2.38. The summed E-state index contributed by atoms with van der Waals surface area (Å²) in [6.07, 6.45) is 2.01. The number of hydrogen-bond donors (Lipinski definition) is 2. The molecule has 1 fully saturated rings. The minimum absolute atomic E-state index is 0.00368. The molecule has 0 bridgehead atoms. The highest BCUT2D eigenvalue weighted by Gasteiger charge is 2.23. The van der Waals surface area contributed by atoms with Crippen molar-refractivity contribution in [1.29, 1.82) is 0 Å². The van der Waals surface area contributed by atoms with Gasteiger partial charge in [0.05, 0.1) is 12.3 Å². The largest absolute Gasteiger partial charge is 0.352 e. The molecule has 0 heterocycles. The van der Waals surface area contributed by atoms with Crippen molar-refractivity contribution in [2.75, 3.05) is 12.3 Å². The van der Waals surface area contributed by atoms with Crippen LogP contribution < -0.4 is 10.0 Å². The van der Waals surface area contributed by atoms with Gasteiger partial charge in [0.25, 0.3) is 0 Å². The van der Waals surface area contributed by atoms with Crippen molar-refractivity contribution in [3.05, 3.63) is 0 Å².